The highest BCUT2D eigenvalue weighted by molar-refractivity contribution is 7.15. The van der Waals surface area contributed by atoms with Crippen LogP contribution in [0.5, 0.6) is 0 Å². The Morgan fingerprint density at radius 1 is 0.971 bits per heavy atom. The summed E-state index contributed by atoms with van der Waals surface area (Å²) in [6.45, 7) is 4.07. The molecule has 0 unspecified atom stereocenters. The van der Waals surface area contributed by atoms with Gasteiger partial charge in [-0.25, -0.2) is 4.79 Å². The largest absolute Gasteiger partial charge is 0.462 e. The number of hydrogen-bond donors (Lipinski definition) is 1. The van der Waals surface area contributed by atoms with Crippen molar-refractivity contribution >= 4 is 40.0 Å². The van der Waals surface area contributed by atoms with Crippen LogP contribution in [0.1, 0.15) is 56.4 Å². The van der Waals surface area contributed by atoms with Gasteiger partial charge in [-0.1, -0.05) is 42.0 Å². The van der Waals surface area contributed by atoms with Crippen LogP contribution in [0, 0.1) is 6.92 Å². The first-order valence-electron chi connectivity index (χ1n) is 11.0. The molecule has 4 rings (SSSR count). The van der Waals surface area contributed by atoms with Gasteiger partial charge >= 0.3 is 5.97 Å². The Kier molecular flexibility index (Phi) is 6.88. The molecule has 0 fully saturated rings. The van der Waals surface area contributed by atoms with Gasteiger partial charge in [0, 0.05) is 23.9 Å². The van der Waals surface area contributed by atoms with Crippen LogP contribution in [0.15, 0.2) is 53.9 Å². The van der Waals surface area contributed by atoms with Gasteiger partial charge in [0.1, 0.15) is 10.6 Å². The maximum atomic E-state index is 12.7. The fourth-order valence-electron chi connectivity index (χ4n) is 3.83. The first-order valence-corrected chi connectivity index (χ1v) is 11.9. The van der Waals surface area contributed by atoms with E-state index in [0.29, 0.717) is 33.7 Å². The van der Waals surface area contributed by atoms with E-state index in [9.17, 15) is 19.2 Å². The molecule has 0 radical (unpaired) electrons. The summed E-state index contributed by atoms with van der Waals surface area (Å²) in [5, 5.41) is 5.05. The number of hydrogen-bond acceptors (Lipinski definition) is 6. The molecule has 7 nitrogen and oxygen atoms in total. The first kappa shape index (κ1) is 23.4. The zero-order chi connectivity index (χ0) is 24.2. The number of carbonyl (C=O) groups is 4. The average Bonchev–Trinajstić information content (AvgIpc) is 3.34. The van der Waals surface area contributed by atoms with E-state index in [1.54, 1.807) is 31.2 Å². The number of amides is 3. The summed E-state index contributed by atoms with van der Waals surface area (Å²) in [5.41, 5.74) is 3.75. The summed E-state index contributed by atoms with van der Waals surface area (Å²) in [7, 11) is 0. The van der Waals surface area contributed by atoms with Crippen molar-refractivity contribution in [2.24, 2.45) is 0 Å². The Labute approximate surface area is 201 Å². The lowest BCUT2D eigenvalue weighted by Gasteiger charge is -2.13. The predicted octanol–water partition coefficient (Wildman–Crippen LogP) is 4.92. The molecule has 174 valence electrons. The van der Waals surface area contributed by atoms with Crippen molar-refractivity contribution in [3.05, 3.63) is 76.2 Å². The number of fused-ring (bicyclic) bond motifs is 1. The number of ether oxygens (including phenoxy) is 1. The molecule has 3 aromatic rings. The maximum Gasteiger partial charge on any atom is 0.341 e. The molecule has 0 spiro atoms. The molecule has 0 atom stereocenters. The predicted molar refractivity (Wildman–Crippen MR) is 130 cm³/mol. The summed E-state index contributed by atoms with van der Waals surface area (Å²) in [6.07, 6.45) is 0.398. The van der Waals surface area contributed by atoms with Crippen molar-refractivity contribution in [2.75, 3.05) is 18.5 Å². The van der Waals surface area contributed by atoms with Crippen LogP contribution < -0.4 is 5.32 Å². The Hall–Kier alpha value is -3.78. The molecule has 1 aliphatic heterocycles. The fourth-order valence-corrected chi connectivity index (χ4v) is 4.80. The number of carbonyl (C=O) groups excluding carboxylic acids is 4. The van der Waals surface area contributed by atoms with Gasteiger partial charge in [0.25, 0.3) is 11.8 Å². The van der Waals surface area contributed by atoms with Gasteiger partial charge in [0.05, 0.1) is 17.7 Å². The van der Waals surface area contributed by atoms with E-state index < -0.39 is 5.97 Å². The highest BCUT2D eigenvalue weighted by Crippen LogP contribution is 2.36. The number of aryl methyl sites for hydroxylation is 1. The molecule has 0 aliphatic carbocycles. The molecule has 1 aromatic heterocycles. The van der Waals surface area contributed by atoms with Crippen LogP contribution >= 0.6 is 11.3 Å². The summed E-state index contributed by atoms with van der Waals surface area (Å²) in [5.74, 6) is -1.49. The number of nitrogens with one attached hydrogen (secondary N) is 1. The number of benzene rings is 2. The summed E-state index contributed by atoms with van der Waals surface area (Å²) >= 11 is 1.26. The van der Waals surface area contributed by atoms with E-state index in [1.165, 1.54) is 16.2 Å². The molecule has 0 saturated carbocycles. The lowest BCUT2D eigenvalue weighted by Crippen LogP contribution is -2.31. The van der Waals surface area contributed by atoms with Crippen molar-refractivity contribution < 1.29 is 23.9 Å². The van der Waals surface area contributed by atoms with Gasteiger partial charge in [0.2, 0.25) is 5.91 Å². The highest BCUT2D eigenvalue weighted by Gasteiger charge is 2.34. The van der Waals surface area contributed by atoms with Crippen LogP contribution in [0.4, 0.5) is 5.00 Å². The minimum absolute atomic E-state index is 0.0907. The number of imide groups is 1. The molecule has 1 N–H and O–H groups in total. The van der Waals surface area contributed by atoms with Gasteiger partial charge in [-0.2, -0.15) is 0 Å². The molecule has 1 aliphatic rings. The second-order valence-electron chi connectivity index (χ2n) is 7.90. The zero-order valence-electron chi connectivity index (χ0n) is 18.9. The Morgan fingerprint density at radius 3 is 2.24 bits per heavy atom. The quantitative estimate of drug-likeness (QED) is 0.368. The monoisotopic (exact) mass is 476 g/mol. The number of esters is 1. The van der Waals surface area contributed by atoms with E-state index in [4.69, 9.17) is 4.74 Å². The van der Waals surface area contributed by atoms with Crippen molar-refractivity contribution in [3.8, 4) is 11.1 Å². The molecule has 2 aromatic carbocycles. The first-order chi connectivity index (χ1) is 16.4. The minimum Gasteiger partial charge on any atom is -0.462 e. The molecular formula is C26H24N2O5S. The molecule has 34 heavy (non-hydrogen) atoms. The van der Waals surface area contributed by atoms with Crippen molar-refractivity contribution in [1.82, 2.24) is 4.90 Å². The molecular weight excluding hydrogens is 452 g/mol. The van der Waals surface area contributed by atoms with Gasteiger partial charge in [-0.05, 0) is 38.0 Å². The standard InChI is InChI=1S/C26H24N2O5S/c1-3-33-26(32)22-20(17-12-10-16(2)11-13-17)15-34-23(22)27-21(29)9-6-14-28-24(30)18-7-4-5-8-19(18)25(28)31/h4-5,7-8,10-13,15H,3,6,9,14H2,1-2H3,(H,27,29). The fraction of sp³-hybridized carbons (Fsp3) is 0.231. The second-order valence-corrected chi connectivity index (χ2v) is 8.78. The van der Waals surface area contributed by atoms with Crippen LogP contribution in [-0.2, 0) is 9.53 Å². The molecule has 0 bridgehead atoms. The number of thiophene rings is 1. The van der Waals surface area contributed by atoms with Crippen LogP contribution in [-0.4, -0.2) is 41.7 Å². The van der Waals surface area contributed by atoms with Crippen molar-refractivity contribution in [3.63, 3.8) is 0 Å². The van der Waals surface area contributed by atoms with Crippen LogP contribution in [0.3, 0.4) is 0 Å². The number of nitrogens with zero attached hydrogens (tertiary/aromatic N) is 1. The smallest absolute Gasteiger partial charge is 0.341 e. The third-order valence-electron chi connectivity index (χ3n) is 5.55. The Morgan fingerprint density at radius 2 is 1.62 bits per heavy atom. The van der Waals surface area contributed by atoms with E-state index in [2.05, 4.69) is 5.32 Å². The second kappa shape index (κ2) is 10.0. The normalized spacial score (nSPS) is 12.6. The van der Waals surface area contributed by atoms with Gasteiger partial charge in [0.15, 0.2) is 0 Å². The average molecular weight is 477 g/mol. The third kappa shape index (κ3) is 4.63. The summed E-state index contributed by atoms with van der Waals surface area (Å²) < 4.78 is 5.23. The third-order valence-corrected chi connectivity index (χ3v) is 6.45. The lowest BCUT2D eigenvalue weighted by atomic mass is 10.0. The maximum absolute atomic E-state index is 12.7. The van der Waals surface area contributed by atoms with E-state index in [1.807, 2.05) is 36.6 Å². The summed E-state index contributed by atoms with van der Waals surface area (Å²) in [6, 6.07) is 14.5. The van der Waals surface area contributed by atoms with Crippen LogP contribution in [0.25, 0.3) is 11.1 Å². The van der Waals surface area contributed by atoms with E-state index in [0.717, 1.165) is 11.1 Å². The van der Waals surface area contributed by atoms with Gasteiger partial charge in [-0.15, -0.1) is 11.3 Å². The number of rotatable bonds is 8. The van der Waals surface area contributed by atoms with Crippen LogP contribution in [0.2, 0.25) is 0 Å². The zero-order valence-corrected chi connectivity index (χ0v) is 19.7. The van der Waals surface area contributed by atoms with E-state index in [-0.39, 0.29) is 37.3 Å². The molecule has 8 heteroatoms. The SMILES string of the molecule is CCOC(=O)c1c(-c2ccc(C)cc2)csc1NC(=O)CCCN1C(=O)c2ccccc2C1=O. The minimum atomic E-state index is -0.499. The highest BCUT2D eigenvalue weighted by atomic mass is 32.1. The van der Waals surface area contributed by atoms with Gasteiger partial charge in [-0.3, -0.25) is 19.3 Å². The van der Waals surface area contributed by atoms with Gasteiger partial charge < -0.3 is 10.1 Å². The molecule has 3 amide bonds. The van der Waals surface area contributed by atoms with Crippen molar-refractivity contribution in [2.45, 2.75) is 26.7 Å². The number of anilines is 1. The Balaban J connectivity index is 1.43. The summed E-state index contributed by atoms with van der Waals surface area (Å²) in [4.78, 5) is 51.4. The Bertz CT molecular complexity index is 1230. The van der Waals surface area contributed by atoms with E-state index >= 15 is 0 Å². The topological polar surface area (TPSA) is 92.8 Å². The molecule has 0 saturated heterocycles. The van der Waals surface area contributed by atoms with Crippen molar-refractivity contribution in [1.29, 1.82) is 0 Å². The lowest BCUT2D eigenvalue weighted by molar-refractivity contribution is -0.116. The molecule has 2 heterocycles.